The molecule has 4 N–H and O–H groups in total. The Morgan fingerprint density at radius 2 is 1.93 bits per heavy atom. The Hall–Kier alpha value is -1.97. The summed E-state index contributed by atoms with van der Waals surface area (Å²) in [6, 6.07) is 6.14. The van der Waals surface area contributed by atoms with E-state index in [4.69, 9.17) is 11.5 Å². The molecule has 4 heteroatoms. The molecular formula is C11H14N4. The minimum Gasteiger partial charge on any atom is -0.394 e. The predicted molar refractivity (Wildman–Crippen MR) is 61.9 cm³/mol. The summed E-state index contributed by atoms with van der Waals surface area (Å²) in [5.74, 6) is 0.490. The molecule has 78 valence electrons. The molecule has 0 saturated heterocycles. The number of rotatable bonds is 1. The standard InChI is InChI=1S/C11H14N4/c1-7-3-4-8(2)10(5-7)15-11(13)9(12)6-14-15/h3-6H,12-13H2,1-2H3. The lowest BCUT2D eigenvalue weighted by atomic mass is 10.1. The molecule has 0 radical (unpaired) electrons. The van der Waals surface area contributed by atoms with Crippen LogP contribution in [0.5, 0.6) is 0 Å². The second kappa shape index (κ2) is 3.31. The summed E-state index contributed by atoms with van der Waals surface area (Å²) in [7, 11) is 0. The van der Waals surface area contributed by atoms with Crippen LogP contribution >= 0.6 is 0 Å². The monoisotopic (exact) mass is 202 g/mol. The maximum atomic E-state index is 5.83. The summed E-state index contributed by atoms with van der Waals surface area (Å²) in [5, 5.41) is 4.15. The Kier molecular flexibility index (Phi) is 2.11. The van der Waals surface area contributed by atoms with Crippen LogP contribution in [-0.4, -0.2) is 9.78 Å². The van der Waals surface area contributed by atoms with Gasteiger partial charge in [0, 0.05) is 0 Å². The number of anilines is 2. The van der Waals surface area contributed by atoms with Crippen molar-refractivity contribution in [3.8, 4) is 5.69 Å². The lowest BCUT2D eigenvalue weighted by Gasteiger charge is -2.08. The molecule has 0 spiro atoms. The lowest BCUT2D eigenvalue weighted by Crippen LogP contribution is -2.05. The highest BCUT2D eigenvalue weighted by Crippen LogP contribution is 2.21. The molecule has 0 unspecified atom stereocenters. The Balaban J connectivity index is 2.63. The van der Waals surface area contributed by atoms with Gasteiger partial charge in [-0.25, -0.2) is 4.68 Å². The zero-order valence-corrected chi connectivity index (χ0v) is 8.86. The molecule has 0 amide bonds. The van der Waals surface area contributed by atoms with Gasteiger partial charge in [-0.15, -0.1) is 0 Å². The Bertz CT molecular complexity index is 499. The summed E-state index contributed by atoms with van der Waals surface area (Å²) >= 11 is 0. The maximum absolute atomic E-state index is 5.83. The molecule has 2 rings (SSSR count). The van der Waals surface area contributed by atoms with Gasteiger partial charge in [0.15, 0.2) is 0 Å². The van der Waals surface area contributed by atoms with E-state index >= 15 is 0 Å². The second-order valence-electron chi connectivity index (χ2n) is 3.69. The maximum Gasteiger partial charge on any atom is 0.150 e. The van der Waals surface area contributed by atoms with Crippen molar-refractivity contribution in [3.63, 3.8) is 0 Å². The summed E-state index contributed by atoms with van der Waals surface area (Å²) in [4.78, 5) is 0. The van der Waals surface area contributed by atoms with Crippen LogP contribution in [0.15, 0.2) is 24.4 Å². The van der Waals surface area contributed by atoms with Gasteiger partial charge < -0.3 is 11.5 Å². The molecule has 0 bridgehead atoms. The van der Waals surface area contributed by atoms with Gasteiger partial charge in [-0.2, -0.15) is 5.10 Å². The first-order chi connectivity index (χ1) is 7.09. The first-order valence-electron chi connectivity index (χ1n) is 4.76. The molecule has 1 aromatic heterocycles. The Labute approximate surface area is 88.5 Å². The average Bonchev–Trinajstić information content (AvgIpc) is 2.52. The lowest BCUT2D eigenvalue weighted by molar-refractivity contribution is 0.882. The molecule has 2 aromatic rings. The van der Waals surface area contributed by atoms with Crippen molar-refractivity contribution in [2.24, 2.45) is 0 Å². The number of nitrogen functional groups attached to an aromatic ring is 2. The van der Waals surface area contributed by atoms with E-state index in [0.29, 0.717) is 11.5 Å². The smallest absolute Gasteiger partial charge is 0.150 e. The fourth-order valence-electron chi connectivity index (χ4n) is 1.51. The third kappa shape index (κ3) is 1.54. The van der Waals surface area contributed by atoms with Gasteiger partial charge in [-0.05, 0) is 31.0 Å². The van der Waals surface area contributed by atoms with Gasteiger partial charge in [0.05, 0.1) is 17.6 Å². The fraction of sp³-hybridized carbons (Fsp3) is 0.182. The largest absolute Gasteiger partial charge is 0.394 e. The molecule has 4 nitrogen and oxygen atoms in total. The minimum absolute atomic E-state index is 0.490. The van der Waals surface area contributed by atoms with Crippen LogP contribution < -0.4 is 11.5 Å². The van der Waals surface area contributed by atoms with Crippen molar-refractivity contribution in [2.75, 3.05) is 11.5 Å². The zero-order valence-electron chi connectivity index (χ0n) is 8.86. The highest BCUT2D eigenvalue weighted by molar-refractivity contribution is 5.61. The van der Waals surface area contributed by atoms with Gasteiger partial charge >= 0.3 is 0 Å². The average molecular weight is 202 g/mol. The second-order valence-corrected chi connectivity index (χ2v) is 3.69. The Morgan fingerprint density at radius 3 is 2.53 bits per heavy atom. The number of nitrogens with zero attached hydrogens (tertiary/aromatic N) is 2. The molecule has 1 heterocycles. The highest BCUT2D eigenvalue weighted by Gasteiger charge is 2.08. The first-order valence-corrected chi connectivity index (χ1v) is 4.76. The normalized spacial score (nSPS) is 10.5. The zero-order chi connectivity index (χ0) is 11.0. The van der Waals surface area contributed by atoms with Crippen LogP contribution in [0.4, 0.5) is 11.5 Å². The number of nitrogens with two attached hydrogens (primary N) is 2. The summed E-state index contributed by atoms with van der Waals surface area (Å²) in [6.45, 7) is 4.05. The number of benzene rings is 1. The van der Waals surface area contributed by atoms with Crippen LogP contribution in [0.25, 0.3) is 5.69 Å². The van der Waals surface area contributed by atoms with Crippen molar-refractivity contribution in [3.05, 3.63) is 35.5 Å². The topological polar surface area (TPSA) is 69.9 Å². The number of aromatic nitrogens is 2. The van der Waals surface area contributed by atoms with Gasteiger partial charge in [-0.1, -0.05) is 12.1 Å². The molecule has 1 aromatic carbocycles. The Morgan fingerprint density at radius 1 is 1.20 bits per heavy atom. The van der Waals surface area contributed by atoms with E-state index in [1.165, 1.54) is 5.56 Å². The van der Waals surface area contributed by atoms with Crippen molar-refractivity contribution in [2.45, 2.75) is 13.8 Å². The molecule has 0 aliphatic carbocycles. The molecule has 0 aliphatic rings. The third-order valence-electron chi connectivity index (χ3n) is 2.43. The first kappa shape index (κ1) is 9.58. The molecule has 0 fully saturated rings. The van der Waals surface area contributed by atoms with Crippen molar-refractivity contribution >= 4 is 11.5 Å². The number of hydrogen-bond acceptors (Lipinski definition) is 3. The minimum atomic E-state index is 0.490. The van der Waals surface area contributed by atoms with Crippen molar-refractivity contribution in [1.82, 2.24) is 9.78 Å². The van der Waals surface area contributed by atoms with Crippen LogP contribution in [0.2, 0.25) is 0 Å². The fourth-order valence-corrected chi connectivity index (χ4v) is 1.51. The SMILES string of the molecule is Cc1ccc(C)c(-n2ncc(N)c2N)c1. The summed E-state index contributed by atoms with van der Waals surface area (Å²) in [5.41, 5.74) is 15.3. The highest BCUT2D eigenvalue weighted by atomic mass is 15.3. The molecule has 0 saturated carbocycles. The third-order valence-corrected chi connectivity index (χ3v) is 2.43. The van der Waals surface area contributed by atoms with Crippen molar-refractivity contribution in [1.29, 1.82) is 0 Å². The molecule has 15 heavy (non-hydrogen) atoms. The van der Waals surface area contributed by atoms with E-state index in [1.807, 2.05) is 26.0 Å². The molecule has 0 atom stereocenters. The van der Waals surface area contributed by atoms with Crippen LogP contribution in [0.1, 0.15) is 11.1 Å². The number of aryl methyl sites for hydroxylation is 2. The van der Waals surface area contributed by atoms with Gasteiger partial charge in [0.1, 0.15) is 5.82 Å². The summed E-state index contributed by atoms with van der Waals surface area (Å²) < 4.78 is 1.66. The van der Waals surface area contributed by atoms with E-state index < -0.39 is 0 Å². The van der Waals surface area contributed by atoms with E-state index in [2.05, 4.69) is 11.2 Å². The summed E-state index contributed by atoms with van der Waals surface area (Å²) in [6.07, 6.45) is 1.57. The van der Waals surface area contributed by atoms with E-state index in [9.17, 15) is 0 Å². The van der Waals surface area contributed by atoms with E-state index in [-0.39, 0.29) is 0 Å². The predicted octanol–water partition coefficient (Wildman–Crippen LogP) is 1.65. The van der Waals surface area contributed by atoms with Crippen LogP contribution in [0, 0.1) is 13.8 Å². The van der Waals surface area contributed by atoms with Crippen LogP contribution in [-0.2, 0) is 0 Å². The van der Waals surface area contributed by atoms with E-state index in [0.717, 1.165) is 11.3 Å². The van der Waals surface area contributed by atoms with Crippen LogP contribution in [0.3, 0.4) is 0 Å². The number of hydrogen-bond donors (Lipinski definition) is 2. The van der Waals surface area contributed by atoms with Gasteiger partial charge in [0.25, 0.3) is 0 Å². The molecule has 0 aliphatic heterocycles. The molecular weight excluding hydrogens is 188 g/mol. The van der Waals surface area contributed by atoms with Crippen molar-refractivity contribution < 1.29 is 0 Å². The van der Waals surface area contributed by atoms with Gasteiger partial charge in [-0.3, -0.25) is 0 Å². The van der Waals surface area contributed by atoms with E-state index in [1.54, 1.807) is 10.9 Å². The van der Waals surface area contributed by atoms with Gasteiger partial charge in [0.2, 0.25) is 0 Å². The quantitative estimate of drug-likeness (QED) is 0.738.